The highest BCUT2D eigenvalue weighted by atomic mass is 16.1. The molecule has 2 N–H and O–H groups in total. The highest BCUT2D eigenvalue weighted by Gasteiger charge is 2.15. The molecule has 3 aromatic rings. The molecule has 1 aromatic carbocycles. The Morgan fingerprint density at radius 2 is 1.95 bits per heavy atom. The Balaban J connectivity index is 1.79. The van der Waals surface area contributed by atoms with E-state index in [-0.39, 0.29) is 11.9 Å². The van der Waals surface area contributed by atoms with Gasteiger partial charge in [-0.2, -0.15) is 0 Å². The maximum atomic E-state index is 12.2. The van der Waals surface area contributed by atoms with Crippen LogP contribution in [-0.4, -0.2) is 20.9 Å². The lowest BCUT2D eigenvalue weighted by Gasteiger charge is -2.11. The molecule has 106 valence electrons. The van der Waals surface area contributed by atoms with Crippen LogP contribution >= 0.6 is 0 Å². The minimum Gasteiger partial charge on any atom is -0.341 e. The number of imidazole rings is 1. The van der Waals surface area contributed by atoms with Gasteiger partial charge < -0.3 is 10.3 Å². The fourth-order valence-corrected chi connectivity index (χ4v) is 2.19. The number of rotatable bonds is 3. The molecule has 3 rings (SSSR count). The second kappa shape index (κ2) is 5.36. The summed E-state index contributed by atoms with van der Waals surface area (Å²) in [7, 11) is 0. The molecule has 0 saturated carbocycles. The number of hydrogen-bond acceptors (Lipinski definition) is 3. The van der Waals surface area contributed by atoms with Crippen molar-refractivity contribution >= 4 is 16.9 Å². The number of nitrogens with zero attached hydrogens (tertiary/aromatic N) is 2. The molecule has 5 heteroatoms. The van der Waals surface area contributed by atoms with Crippen LogP contribution in [-0.2, 0) is 0 Å². The van der Waals surface area contributed by atoms with Gasteiger partial charge in [-0.25, -0.2) is 9.97 Å². The summed E-state index contributed by atoms with van der Waals surface area (Å²) < 4.78 is 0. The number of benzene rings is 1. The zero-order chi connectivity index (χ0) is 14.8. The molecule has 1 atom stereocenters. The van der Waals surface area contributed by atoms with Gasteiger partial charge in [0.15, 0.2) is 0 Å². The predicted octanol–water partition coefficient (Wildman–Crippen LogP) is 2.76. The summed E-state index contributed by atoms with van der Waals surface area (Å²) in [6, 6.07) is 13.0. The Morgan fingerprint density at radius 3 is 2.71 bits per heavy atom. The fraction of sp³-hybridized carbons (Fsp3) is 0.188. The number of aryl methyl sites for hydroxylation is 1. The first-order chi connectivity index (χ1) is 10.1. The van der Waals surface area contributed by atoms with E-state index in [9.17, 15) is 4.79 Å². The van der Waals surface area contributed by atoms with E-state index in [0.29, 0.717) is 5.69 Å². The molecular weight excluding hydrogens is 264 g/mol. The summed E-state index contributed by atoms with van der Waals surface area (Å²) >= 11 is 0. The molecule has 2 aromatic heterocycles. The second-order valence-electron chi connectivity index (χ2n) is 5.00. The van der Waals surface area contributed by atoms with Crippen molar-refractivity contribution in [3.8, 4) is 0 Å². The van der Waals surface area contributed by atoms with Crippen LogP contribution in [0.5, 0.6) is 0 Å². The standard InChI is InChI=1S/C16H16N4O/c1-10-6-5-9-14(17-10)16(21)18-11(2)15-19-12-7-3-4-8-13(12)20-15/h3-9,11H,1-2H3,(H,18,21)(H,19,20). The quantitative estimate of drug-likeness (QED) is 0.775. The maximum absolute atomic E-state index is 12.2. The fourth-order valence-electron chi connectivity index (χ4n) is 2.19. The Kier molecular flexibility index (Phi) is 3.39. The number of amides is 1. The predicted molar refractivity (Wildman–Crippen MR) is 80.9 cm³/mol. The van der Waals surface area contributed by atoms with Gasteiger partial charge in [-0.1, -0.05) is 18.2 Å². The highest BCUT2D eigenvalue weighted by Crippen LogP contribution is 2.15. The number of carbonyl (C=O) groups excluding carboxylic acids is 1. The van der Waals surface area contributed by atoms with E-state index < -0.39 is 0 Å². The molecule has 5 nitrogen and oxygen atoms in total. The summed E-state index contributed by atoms with van der Waals surface area (Å²) in [5.41, 5.74) is 3.08. The van der Waals surface area contributed by atoms with E-state index in [1.54, 1.807) is 6.07 Å². The number of carbonyl (C=O) groups is 1. The zero-order valence-corrected chi connectivity index (χ0v) is 11.9. The van der Waals surface area contributed by atoms with Crippen LogP contribution in [0.25, 0.3) is 11.0 Å². The molecular formula is C16H16N4O. The number of H-pyrrole nitrogens is 1. The summed E-state index contributed by atoms with van der Waals surface area (Å²) in [5.74, 6) is 0.531. The summed E-state index contributed by atoms with van der Waals surface area (Å²) in [6.07, 6.45) is 0. The van der Waals surface area contributed by atoms with Crippen LogP contribution in [0.1, 0.15) is 35.0 Å². The van der Waals surface area contributed by atoms with Gasteiger partial charge in [-0.15, -0.1) is 0 Å². The molecule has 0 radical (unpaired) electrons. The number of fused-ring (bicyclic) bond motifs is 1. The van der Waals surface area contributed by atoms with Crippen molar-refractivity contribution in [1.29, 1.82) is 0 Å². The molecule has 1 unspecified atom stereocenters. The molecule has 0 aliphatic rings. The van der Waals surface area contributed by atoms with Crippen LogP contribution in [0, 0.1) is 6.92 Å². The van der Waals surface area contributed by atoms with E-state index in [1.165, 1.54) is 0 Å². The Bertz CT molecular complexity index is 761. The Labute approximate surface area is 122 Å². The number of hydrogen-bond donors (Lipinski definition) is 2. The molecule has 0 aliphatic heterocycles. The SMILES string of the molecule is Cc1cccc(C(=O)NC(C)c2nc3ccccc3[nH]2)n1. The maximum Gasteiger partial charge on any atom is 0.270 e. The van der Waals surface area contributed by atoms with Crippen molar-refractivity contribution in [2.24, 2.45) is 0 Å². The first-order valence-corrected chi connectivity index (χ1v) is 6.82. The topological polar surface area (TPSA) is 70.7 Å². The van der Waals surface area contributed by atoms with Crippen LogP contribution in [0.15, 0.2) is 42.5 Å². The van der Waals surface area contributed by atoms with Gasteiger partial charge in [0.2, 0.25) is 0 Å². The summed E-state index contributed by atoms with van der Waals surface area (Å²) in [6.45, 7) is 3.75. The van der Waals surface area contributed by atoms with Crippen molar-refractivity contribution in [2.45, 2.75) is 19.9 Å². The van der Waals surface area contributed by atoms with Crippen molar-refractivity contribution < 1.29 is 4.79 Å². The molecule has 0 aliphatic carbocycles. The molecule has 0 spiro atoms. The first-order valence-electron chi connectivity index (χ1n) is 6.82. The van der Waals surface area contributed by atoms with E-state index in [4.69, 9.17) is 0 Å². The van der Waals surface area contributed by atoms with Crippen molar-refractivity contribution in [3.63, 3.8) is 0 Å². The Morgan fingerprint density at radius 1 is 1.14 bits per heavy atom. The molecule has 0 saturated heterocycles. The van der Waals surface area contributed by atoms with Gasteiger partial charge in [-0.3, -0.25) is 4.79 Å². The van der Waals surface area contributed by atoms with E-state index >= 15 is 0 Å². The van der Waals surface area contributed by atoms with Gasteiger partial charge in [0.1, 0.15) is 11.5 Å². The van der Waals surface area contributed by atoms with Gasteiger partial charge in [0.05, 0.1) is 17.1 Å². The average Bonchev–Trinajstić information content (AvgIpc) is 2.91. The largest absolute Gasteiger partial charge is 0.341 e. The monoisotopic (exact) mass is 280 g/mol. The Hall–Kier alpha value is -2.69. The van der Waals surface area contributed by atoms with E-state index in [2.05, 4.69) is 20.3 Å². The third-order valence-electron chi connectivity index (χ3n) is 3.29. The van der Waals surface area contributed by atoms with Crippen LogP contribution in [0.2, 0.25) is 0 Å². The summed E-state index contributed by atoms with van der Waals surface area (Å²) in [5, 5.41) is 2.91. The van der Waals surface area contributed by atoms with Crippen LogP contribution in [0.3, 0.4) is 0 Å². The third-order valence-corrected chi connectivity index (χ3v) is 3.29. The van der Waals surface area contributed by atoms with Gasteiger partial charge in [0, 0.05) is 5.69 Å². The number of para-hydroxylation sites is 2. The molecule has 1 amide bonds. The zero-order valence-electron chi connectivity index (χ0n) is 11.9. The van der Waals surface area contributed by atoms with Gasteiger partial charge >= 0.3 is 0 Å². The van der Waals surface area contributed by atoms with Crippen molar-refractivity contribution in [1.82, 2.24) is 20.3 Å². The lowest BCUT2D eigenvalue weighted by atomic mass is 10.2. The van der Waals surface area contributed by atoms with Crippen molar-refractivity contribution in [3.05, 3.63) is 59.7 Å². The van der Waals surface area contributed by atoms with Gasteiger partial charge in [-0.05, 0) is 38.1 Å². The second-order valence-corrected chi connectivity index (χ2v) is 5.00. The molecule has 0 bridgehead atoms. The van der Waals surface area contributed by atoms with Gasteiger partial charge in [0.25, 0.3) is 5.91 Å². The average molecular weight is 280 g/mol. The lowest BCUT2D eigenvalue weighted by molar-refractivity contribution is 0.0933. The summed E-state index contributed by atoms with van der Waals surface area (Å²) in [4.78, 5) is 24.1. The molecule has 21 heavy (non-hydrogen) atoms. The highest BCUT2D eigenvalue weighted by molar-refractivity contribution is 5.92. The normalized spacial score (nSPS) is 12.3. The van der Waals surface area contributed by atoms with Crippen molar-refractivity contribution in [2.75, 3.05) is 0 Å². The number of pyridine rings is 1. The molecule has 2 heterocycles. The van der Waals surface area contributed by atoms with Crippen LogP contribution in [0.4, 0.5) is 0 Å². The van der Waals surface area contributed by atoms with Crippen LogP contribution < -0.4 is 5.32 Å². The smallest absolute Gasteiger partial charge is 0.270 e. The molecule has 0 fully saturated rings. The number of aromatic amines is 1. The minimum absolute atomic E-state index is 0.202. The lowest BCUT2D eigenvalue weighted by Crippen LogP contribution is -2.28. The van der Waals surface area contributed by atoms with E-state index in [0.717, 1.165) is 22.6 Å². The first kappa shape index (κ1) is 13.3. The number of aromatic nitrogens is 3. The minimum atomic E-state index is -0.216. The third kappa shape index (κ3) is 2.76. The number of nitrogens with one attached hydrogen (secondary N) is 2. The van der Waals surface area contributed by atoms with E-state index in [1.807, 2.05) is 50.2 Å².